The number of benzene rings is 2. The molecule has 0 bridgehead atoms. The van der Waals surface area contributed by atoms with Gasteiger partial charge in [0.2, 0.25) is 15.9 Å². The number of sulfonamides is 1. The first-order valence-corrected chi connectivity index (χ1v) is 12.8. The highest BCUT2D eigenvalue weighted by atomic mass is 35.5. The lowest BCUT2D eigenvalue weighted by molar-refractivity contribution is -0.117. The summed E-state index contributed by atoms with van der Waals surface area (Å²) in [6.07, 6.45) is 5.08. The zero-order chi connectivity index (χ0) is 22.6. The van der Waals surface area contributed by atoms with Crippen molar-refractivity contribution in [2.75, 3.05) is 33.9 Å². The number of hydrogen-bond acceptors (Lipinski definition) is 4. The van der Waals surface area contributed by atoms with Crippen LogP contribution in [0.1, 0.15) is 38.2 Å². The van der Waals surface area contributed by atoms with Crippen molar-refractivity contribution >= 4 is 44.6 Å². The van der Waals surface area contributed by atoms with Crippen molar-refractivity contribution in [3.05, 3.63) is 53.1 Å². The van der Waals surface area contributed by atoms with E-state index in [0.29, 0.717) is 22.8 Å². The van der Waals surface area contributed by atoms with Gasteiger partial charge in [-0.05, 0) is 74.6 Å². The third-order valence-electron chi connectivity index (χ3n) is 5.59. The first-order valence-electron chi connectivity index (χ1n) is 10.6. The molecule has 0 spiro atoms. The van der Waals surface area contributed by atoms with Gasteiger partial charge in [0.25, 0.3) is 0 Å². The molecule has 31 heavy (non-hydrogen) atoms. The van der Waals surface area contributed by atoms with Gasteiger partial charge in [-0.15, -0.1) is 0 Å². The predicted molar refractivity (Wildman–Crippen MR) is 129 cm³/mol. The third-order valence-corrected chi connectivity index (χ3v) is 7.00. The molecular formula is C23H30ClN3O3S. The average molecular weight is 464 g/mol. The Hall–Kier alpha value is -2.25. The molecule has 0 aliphatic carbocycles. The largest absolute Gasteiger partial charge is 0.372 e. The Labute approximate surface area is 190 Å². The molecule has 1 unspecified atom stereocenters. The zero-order valence-corrected chi connectivity index (χ0v) is 19.8. The first kappa shape index (κ1) is 23.4. The second-order valence-electron chi connectivity index (χ2n) is 8.00. The number of carbonyl (C=O) groups excluding carboxylic acids is 1. The van der Waals surface area contributed by atoms with Crippen LogP contribution in [0.5, 0.6) is 0 Å². The summed E-state index contributed by atoms with van der Waals surface area (Å²) in [6.45, 7) is 5.69. The fraction of sp³-hybridized carbons (Fsp3) is 0.435. The van der Waals surface area contributed by atoms with E-state index in [1.165, 1.54) is 23.6 Å². The van der Waals surface area contributed by atoms with E-state index < -0.39 is 16.1 Å². The van der Waals surface area contributed by atoms with Gasteiger partial charge in [-0.1, -0.05) is 24.6 Å². The van der Waals surface area contributed by atoms with Crippen molar-refractivity contribution in [1.82, 2.24) is 0 Å². The molecule has 0 radical (unpaired) electrons. The molecule has 1 amide bonds. The van der Waals surface area contributed by atoms with Crippen LogP contribution in [0.25, 0.3) is 0 Å². The number of carbonyl (C=O) groups is 1. The lowest BCUT2D eigenvalue weighted by atomic mass is 10.1. The Bertz CT molecular complexity index is 1020. The van der Waals surface area contributed by atoms with Gasteiger partial charge < -0.3 is 10.2 Å². The van der Waals surface area contributed by atoms with Crippen LogP contribution < -0.4 is 14.5 Å². The summed E-state index contributed by atoms with van der Waals surface area (Å²) >= 11 is 6.12. The molecule has 1 N–H and O–H groups in total. The number of hydrogen-bond donors (Lipinski definition) is 1. The highest BCUT2D eigenvalue weighted by molar-refractivity contribution is 7.92. The maximum atomic E-state index is 13.1. The molecule has 1 fully saturated rings. The predicted octanol–water partition coefficient (Wildman–Crippen LogP) is 4.82. The SMILES string of the molecule is CCC(C(=O)Nc1ccc(N2CCCCC2)cc1)N(c1cc(Cl)ccc1C)S(C)(=O)=O. The summed E-state index contributed by atoms with van der Waals surface area (Å²) in [5.74, 6) is -0.377. The Morgan fingerprint density at radius 3 is 2.35 bits per heavy atom. The van der Waals surface area contributed by atoms with E-state index in [4.69, 9.17) is 11.6 Å². The molecule has 0 aromatic heterocycles. The standard InChI is InChI=1S/C23H30ClN3O3S/c1-4-21(27(31(3,29)30)22-16-18(24)9-8-17(22)2)23(28)25-19-10-12-20(13-11-19)26-14-6-5-7-15-26/h8-13,16,21H,4-7,14-15H2,1-3H3,(H,25,28). The van der Waals surface area contributed by atoms with E-state index in [1.807, 2.05) is 24.3 Å². The number of nitrogens with zero attached hydrogens (tertiary/aromatic N) is 2. The van der Waals surface area contributed by atoms with Crippen molar-refractivity contribution in [2.45, 2.75) is 45.6 Å². The van der Waals surface area contributed by atoms with E-state index >= 15 is 0 Å². The smallest absolute Gasteiger partial charge is 0.248 e. The van der Waals surface area contributed by atoms with Gasteiger partial charge in [0.15, 0.2) is 0 Å². The molecule has 2 aromatic rings. The average Bonchev–Trinajstić information content (AvgIpc) is 2.74. The zero-order valence-electron chi connectivity index (χ0n) is 18.3. The fourth-order valence-corrected chi connectivity index (χ4v) is 5.42. The number of rotatable bonds is 7. The molecule has 1 aliphatic heterocycles. The summed E-state index contributed by atoms with van der Waals surface area (Å²) in [5, 5.41) is 3.30. The number of amides is 1. The van der Waals surface area contributed by atoms with Gasteiger partial charge >= 0.3 is 0 Å². The van der Waals surface area contributed by atoms with Crippen LogP contribution in [0, 0.1) is 6.92 Å². The number of piperidine rings is 1. The van der Waals surface area contributed by atoms with Crippen LogP contribution in [0.2, 0.25) is 5.02 Å². The third kappa shape index (κ3) is 5.71. The number of anilines is 3. The van der Waals surface area contributed by atoms with Gasteiger partial charge in [0, 0.05) is 29.5 Å². The monoisotopic (exact) mass is 463 g/mol. The maximum Gasteiger partial charge on any atom is 0.248 e. The highest BCUT2D eigenvalue weighted by Crippen LogP contribution is 2.30. The molecule has 1 aliphatic rings. The van der Waals surface area contributed by atoms with Crippen LogP contribution in [0.4, 0.5) is 17.1 Å². The van der Waals surface area contributed by atoms with E-state index in [0.717, 1.165) is 30.6 Å². The summed E-state index contributed by atoms with van der Waals surface area (Å²) < 4.78 is 26.5. The van der Waals surface area contributed by atoms with Crippen molar-refractivity contribution in [3.63, 3.8) is 0 Å². The molecule has 6 nitrogen and oxygen atoms in total. The molecule has 2 aromatic carbocycles. The molecule has 1 atom stereocenters. The summed E-state index contributed by atoms with van der Waals surface area (Å²) in [7, 11) is -3.72. The Morgan fingerprint density at radius 2 is 1.77 bits per heavy atom. The molecule has 3 rings (SSSR count). The second kappa shape index (κ2) is 9.92. The lowest BCUT2D eigenvalue weighted by Crippen LogP contribution is -2.47. The molecule has 8 heteroatoms. The quantitative estimate of drug-likeness (QED) is 0.638. The molecular weight excluding hydrogens is 434 g/mol. The summed E-state index contributed by atoms with van der Waals surface area (Å²) in [6, 6.07) is 11.9. The van der Waals surface area contributed by atoms with Gasteiger partial charge in [-0.2, -0.15) is 0 Å². The van der Waals surface area contributed by atoms with Crippen molar-refractivity contribution in [2.24, 2.45) is 0 Å². The van der Waals surface area contributed by atoms with Crippen LogP contribution >= 0.6 is 11.6 Å². The van der Waals surface area contributed by atoms with Gasteiger partial charge in [-0.25, -0.2) is 8.42 Å². The Morgan fingerprint density at radius 1 is 1.13 bits per heavy atom. The molecule has 1 heterocycles. The summed E-state index contributed by atoms with van der Waals surface area (Å²) in [5.41, 5.74) is 2.92. The minimum atomic E-state index is -3.72. The molecule has 168 valence electrons. The Balaban J connectivity index is 1.82. The van der Waals surface area contributed by atoms with Crippen molar-refractivity contribution < 1.29 is 13.2 Å². The Kier molecular flexibility index (Phi) is 7.49. The van der Waals surface area contributed by atoms with Gasteiger partial charge in [-0.3, -0.25) is 9.10 Å². The van der Waals surface area contributed by atoms with E-state index in [-0.39, 0.29) is 5.91 Å². The number of halogens is 1. The van der Waals surface area contributed by atoms with Crippen LogP contribution in [0.15, 0.2) is 42.5 Å². The first-order chi connectivity index (χ1) is 14.7. The van der Waals surface area contributed by atoms with Crippen molar-refractivity contribution in [3.8, 4) is 0 Å². The number of aryl methyl sites for hydroxylation is 1. The number of nitrogens with one attached hydrogen (secondary N) is 1. The molecule has 1 saturated heterocycles. The van der Waals surface area contributed by atoms with Crippen molar-refractivity contribution in [1.29, 1.82) is 0 Å². The van der Waals surface area contributed by atoms with E-state index in [1.54, 1.807) is 32.0 Å². The highest BCUT2D eigenvalue weighted by Gasteiger charge is 2.32. The lowest BCUT2D eigenvalue weighted by Gasteiger charge is -2.31. The van der Waals surface area contributed by atoms with E-state index in [9.17, 15) is 13.2 Å². The van der Waals surface area contributed by atoms with Crippen LogP contribution in [-0.2, 0) is 14.8 Å². The minimum Gasteiger partial charge on any atom is -0.372 e. The maximum absolute atomic E-state index is 13.1. The fourth-order valence-electron chi connectivity index (χ4n) is 3.99. The normalized spacial score (nSPS) is 15.4. The summed E-state index contributed by atoms with van der Waals surface area (Å²) in [4.78, 5) is 15.5. The molecule has 0 saturated carbocycles. The van der Waals surface area contributed by atoms with Gasteiger partial charge in [0.1, 0.15) is 6.04 Å². The van der Waals surface area contributed by atoms with E-state index in [2.05, 4.69) is 10.2 Å². The second-order valence-corrected chi connectivity index (χ2v) is 10.3. The topological polar surface area (TPSA) is 69.7 Å². The van der Waals surface area contributed by atoms with Crippen LogP contribution in [-0.4, -0.2) is 39.7 Å². The van der Waals surface area contributed by atoms with Gasteiger partial charge in [0.05, 0.1) is 11.9 Å². The van der Waals surface area contributed by atoms with Crippen LogP contribution in [0.3, 0.4) is 0 Å². The minimum absolute atomic E-state index is 0.316.